The van der Waals surface area contributed by atoms with Crippen molar-refractivity contribution in [1.82, 2.24) is 0 Å². The van der Waals surface area contributed by atoms with Crippen molar-refractivity contribution < 1.29 is 19.8 Å². The molecule has 0 unspecified atom stereocenters. The van der Waals surface area contributed by atoms with E-state index in [2.05, 4.69) is 15.9 Å². The molecule has 0 heterocycles. The molecule has 0 bridgehead atoms. The van der Waals surface area contributed by atoms with E-state index in [-0.39, 0.29) is 5.70 Å². The number of nitrogens with zero attached hydrogens (tertiary/aromatic N) is 1. The van der Waals surface area contributed by atoms with Gasteiger partial charge in [-0.15, -0.1) is 0 Å². The number of carboxylic acid groups (broad SMARTS) is 2. The van der Waals surface area contributed by atoms with Crippen molar-refractivity contribution >= 4 is 33.6 Å². The Hall–Kier alpha value is -1.82. The lowest BCUT2D eigenvalue weighted by Crippen LogP contribution is -2.23. The molecule has 2 N–H and O–H groups in total. The lowest BCUT2D eigenvalue weighted by molar-refractivity contribution is -0.135. The first kappa shape index (κ1) is 13.2. The molecule has 1 aromatic carbocycles. The Bertz CT molecular complexity index is 467. The van der Waals surface area contributed by atoms with E-state index in [0.717, 1.165) is 4.47 Å². The summed E-state index contributed by atoms with van der Waals surface area (Å²) in [7, 11) is 1.49. The van der Waals surface area contributed by atoms with Crippen molar-refractivity contribution in [3.63, 3.8) is 0 Å². The monoisotopic (exact) mass is 299 g/mol. The third-order valence-electron chi connectivity index (χ3n) is 2.05. The van der Waals surface area contributed by atoms with E-state index in [9.17, 15) is 9.59 Å². The van der Waals surface area contributed by atoms with E-state index in [0.29, 0.717) is 11.8 Å². The van der Waals surface area contributed by atoms with Gasteiger partial charge in [-0.25, -0.2) is 9.59 Å². The van der Waals surface area contributed by atoms with Crippen molar-refractivity contribution in [1.29, 1.82) is 0 Å². The Morgan fingerprint density at radius 3 is 2.18 bits per heavy atom. The van der Waals surface area contributed by atoms with Gasteiger partial charge >= 0.3 is 11.9 Å². The maximum atomic E-state index is 10.9. The second-order valence-corrected chi connectivity index (χ2v) is 4.12. The van der Waals surface area contributed by atoms with E-state index in [1.165, 1.54) is 11.9 Å². The van der Waals surface area contributed by atoms with Crippen LogP contribution >= 0.6 is 15.9 Å². The summed E-state index contributed by atoms with van der Waals surface area (Å²) in [4.78, 5) is 22.8. The van der Waals surface area contributed by atoms with Crippen molar-refractivity contribution in [3.8, 4) is 0 Å². The molecule has 0 saturated heterocycles. The highest BCUT2D eigenvalue weighted by Gasteiger charge is 2.16. The molecule has 1 aromatic rings. The lowest BCUT2D eigenvalue weighted by atomic mass is 10.2. The second kappa shape index (κ2) is 5.49. The van der Waals surface area contributed by atoms with E-state index >= 15 is 0 Å². The van der Waals surface area contributed by atoms with Gasteiger partial charge in [-0.1, -0.05) is 15.9 Å². The third-order valence-corrected chi connectivity index (χ3v) is 2.58. The fraction of sp³-hybridized carbons (Fsp3) is 0.0909. The van der Waals surface area contributed by atoms with Gasteiger partial charge in [0.15, 0.2) is 0 Å². The number of benzene rings is 1. The summed E-state index contributed by atoms with van der Waals surface area (Å²) in [6.45, 7) is 0. The van der Waals surface area contributed by atoms with Crippen molar-refractivity contribution in [2.75, 3.05) is 11.9 Å². The fourth-order valence-corrected chi connectivity index (χ4v) is 1.49. The highest BCUT2D eigenvalue weighted by Crippen LogP contribution is 2.20. The number of aliphatic carboxylic acids is 2. The molecule has 0 radical (unpaired) electrons. The van der Waals surface area contributed by atoms with Crippen molar-refractivity contribution in [2.24, 2.45) is 0 Å². The molecule has 1 rings (SSSR count). The Balaban J connectivity index is 3.08. The summed E-state index contributed by atoms with van der Waals surface area (Å²) in [5, 5.41) is 17.5. The lowest BCUT2D eigenvalue weighted by Gasteiger charge is -2.19. The number of hydrogen-bond donors (Lipinski definition) is 2. The van der Waals surface area contributed by atoms with Crippen LogP contribution in [0, 0.1) is 0 Å². The number of halogens is 1. The van der Waals surface area contributed by atoms with Crippen LogP contribution < -0.4 is 4.90 Å². The molecule has 0 aliphatic heterocycles. The predicted octanol–water partition coefficient (Wildman–Crippen LogP) is 1.94. The van der Waals surface area contributed by atoms with E-state index < -0.39 is 11.9 Å². The summed E-state index contributed by atoms with van der Waals surface area (Å²) in [5.74, 6) is -2.59. The Morgan fingerprint density at radius 1 is 1.24 bits per heavy atom. The van der Waals surface area contributed by atoms with Gasteiger partial charge in [-0.3, -0.25) is 0 Å². The number of anilines is 1. The first-order valence-electron chi connectivity index (χ1n) is 4.59. The van der Waals surface area contributed by atoms with Crippen molar-refractivity contribution in [2.45, 2.75) is 0 Å². The van der Waals surface area contributed by atoms with Gasteiger partial charge in [0.05, 0.1) is 6.08 Å². The topological polar surface area (TPSA) is 77.8 Å². The van der Waals surface area contributed by atoms with Gasteiger partial charge < -0.3 is 15.1 Å². The molecule has 0 spiro atoms. The minimum Gasteiger partial charge on any atom is -0.478 e. The van der Waals surface area contributed by atoms with Gasteiger partial charge in [-0.2, -0.15) is 0 Å². The molecule has 90 valence electrons. The molecule has 5 nitrogen and oxygen atoms in total. The zero-order chi connectivity index (χ0) is 13.0. The second-order valence-electron chi connectivity index (χ2n) is 3.21. The molecule has 0 aromatic heterocycles. The van der Waals surface area contributed by atoms with E-state index in [1.807, 2.05) is 0 Å². The highest BCUT2D eigenvalue weighted by molar-refractivity contribution is 9.10. The standard InChI is InChI=1S/C11H10BrNO4/c1-13(8-4-2-7(12)3-5-8)9(11(16)17)6-10(14)15/h2-6H,1H3,(H,14,15)(H,16,17). The number of carbonyl (C=O) groups is 2. The van der Waals surface area contributed by atoms with Gasteiger partial charge in [0, 0.05) is 17.2 Å². The van der Waals surface area contributed by atoms with Crippen LogP contribution in [0.15, 0.2) is 40.5 Å². The minimum atomic E-state index is -1.30. The highest BCUT2D eigenvalue weighted by atomic mass is 79.9. The van der Waals surface area contributed by atoms with Crippen LogP contribution in [-0.2, 0) is 9.59 Å². The first-order chi connectivity index (χ1) is 7.91. The van der Waals surface area contributed by atoms with Gasteiger partial charge in [0.25, 0.3) is 0 Å². The summed E-state index contributed by atoms with van der Waals surface area (Å²) >= 11 is 3.26. The summed E-state index contributed by atoms with van der Waals surface area (Å²) < 4.78 is 0.855. The zero-order valence-corrected chi connectivity index (χ0v) is 10.5. The Labute approximate surface area is 106 Å². The minimum absolute atomic E-state index is 0.306. The molecule has 0 saturated carbocycles. The van der Waals surface area contributed by atoms with Crippen molar-refractivity contribution in [3.05, 3.63) is 40.5 Å². The van der Waals surface area contributed by atoms with Crippen LogP contribution in [0.5, 0.6) is 0 Å². The number of likely N-dealkylation sites (N-methyl/N-ethyl adjacent to an activating group) is 1. The summed E-state index contributed by atoms with van der Waals surface area (Å²) in [6.07, 6.45) is 0.657. The smallest absolute Gasteiger partial charge is 0.352 e. The third kappa shape index (κ3) is 3.60. The normalized spacial score (nSPS) is 11.1. The fourth-order valence-electron chi connectivity index (χ4n) is 1.22. The molecule has 0 aliphatic carbocycles. The SMILES string of the molecule is CN(C(=CC(=O)O)C(=O)O)c1ccc(Br)cc1. The quantitative estimate of drug-likeness (QED) is 0.831. The predicted molar refractivity (Wildman–Crippen MR) is 65.9 cm³/mol. The molecular formula is C11H10BrNO4. The number of carboxylic acids is 2. The first-order valence-corrected chi connectivity index (χ1v) is 5.38. The average molecular weight is 300 g/mol. The molecule has 0 amide bonds. The van der Waals surface area contributed by atoms with Crippen LogP contribution in [0.1, 0.15) is 0 Å². The van der Waals surface area contributed by atoms with Crippen LogP contribution in [0.2, 0.25) is 0 Å². The Kier molecular flexibility index (Phi) is 4.28. The number of hydrogen-bond acceptors (Lipinski definition) is 3. The summed E-state index contributed by atoms with van der Waals surface area (Å²) in [6, 6.07) is 6.85. The summed E-state index contributed by atoms with van der Waals surface area (Å²) in [5.41, 5.74) is 0.280. The molecule has 6 heteroatoms. The average Bonchev–Trinajstić information content (AvgIpc) is 2.25. The largest absolute Gasteiger partial charge is 0.478 e. The van der Waals surface area contributed by atoms with Crippen LogP contribution in [-0.4, -0.2) is 29.2 Å². The van der Waals surface area contributed by atoms with Gasteiger partial charge in [0.2, 0.25) is 0 Å². The maximum Gasteiger partial charge on any atom is 0.352 e. The maximum absolute atomic E-state index is 10.9. The molecule has 0 aliphatic rings. The molecular weight excluding hydrogens is 290 g/mol. The molecule has 0 fully saturated rings. The molecule has 17 heavy (non-hydrogen) atoms. The Morgan fingerprint density at radius 2 is 1.76 bits per heavy atom. The van der Waals surface area contributed by atoms with E-state index in [4.69, 9.17) is 10.2 Å². The van der Waals surface area contributed by atoms with Gasteiger partial charge in [-0.05, 0) is 24.3 Å². The van der Waals surface area contributed by atoms with Crippen LogP contribution in [0.3, 0.4) is 0 Å². The van der Waals surface area contributed by atoms with Gasteiger partial charge in [0.1, 0.15) is 5.70 Å². The van der Waals surface area contributed by atoms with Crippen LogP contribution in [0.25, 0.3) is 0 Å². The number of rotatable bonds is 4. The van der Waals surface area contributed by atoms with Crippen LogP contribution in [0.4, 0.5) is 5.69 Å². The van der Waals surface area contributed by atoms with E-state index in [1.54, 1.807) is 24.3 Å². The molecule has 0 atom stereocenters. The zero-order valence-electron chi connectivity index (χ0n) is 8.92.